The number of likely N-dealkylation sites (tertiary alicyclic amines) is 1. The van der Waals surface area contributed by atoms with Crippen molar-refractivity contribution < 1.29 is 19.1 Å². The Hall–Kier alpha value is -3.55. The number of anilines is 3. The number of carbonyl (C=O) groups is 3. The van der Waals surface area contributed by atoms with E-state index in [0.29, 0.717) is 23.7 Å². The first-order chi connectivity index (χ1) is 15.6. The monoisotopic (exact) mass is 434 g/mol. The van der Waals surface area contributed by atoms with E-state index < -0.39 is 6.10 Å². The van der Waals surface area contributed by atoms with Gasteiger partial charge in [-0.3, -0.25) is 19.3 Å². The van der Waals surface area contributed by atoms with Crippen LogP contribution in [0.15, 0.2) is 48.5 Å². The van der Waals surface area contributed by atoms with Crippen molar-refractivity contribution in [3.8, 4) is 5.75 Å². The molecule has 166 valence electrons. The summed E-state index contributed by atoms with van der Waals surface area (Å²) in [4.78, 5) is 43.9. The second kappa shape index (κ2) is 8.53. The zero-order valence-electron chi connectivity index (χ0n) is 17.8. The largest absolute Gasteiger partial charge is 0.477 e. The van der Waals surface area contributed by atoms with Crippen LogP contribution in [0.25, 0.3) is 0 Å². The summed E-state index contributed by atoms with van der Waals surface area (Å²) in [6.45, 7) is 1.81. The van der Waals surface area contributed by atoms with Gasteiger partial charge in [0.2, 0.25) is 11.8 Å². The summed E-state index contributed by atoms with van der Waals surface area (Å²) in [6, 6.07) is 14.7. The summed E-state index contributed by atoms with van der Waals surface area (Å²) in [6.07, 6.45) is 2.50. The van der Waals surface area contributed by atoms with Gasteiger partial charge in [-0.2, -0.15) is 0 Å². The Labute approximate surface area is 186 Å². The van der Waals surface area contributed by atoms with Gasteiger partial charge in [0.25, 0.3) is 5.91 Å². The normalized spacial score (nSPS) is 20.1. The number of rotatable bonds is 3. The molecular weight excluding hydrogens is 408 g/mol. The minimum Gasteiger partial charge on any atom is -0.477 e. The SMILES string of the molecule is O=C1CN(C(=O)CN2CC(C(=O)N3CCCCC3)Oc3ccccc32)c2ccccc2N1. The van der Waals surface area contributed by atoms with Crippen molar-refractivity contribution in [1.82, 2.24) is 4.90 Å². The molecule has 8 nitrogen and oxygen atoms in total. The molecule has 3 aliphatic rings. The van der Waals surface area contributed by atoms with E-state index in [-0.39, 0.29) is 30.8 Å². The molecule has 1 unspecified atom stereocenters. The van der Waals surface area contributed by atoms with Crippen LogP contribution in [-0.2, 0) is 14.4 Å². The average molecular weight is 434 g/mol. The molecule has 0 radical (unpaired) electrons. The van der Waals surface area contributed by atoms with Gasteiger partial charge < -0.3 is 19.9 Å². The molecule has 0 saturated carbocycles. The lowest BCUT2D eigenvalue weighted by molar-refractivity contribution is -0.139. The summed E-state index contributed by atoms with van der Waals surface area (Å²) in [7, 11) is 0. The smallest absolute Gasteiger partial charge is 0.265 e. The standard InChI is InChI=1S/C24H26N4O4/c29-22-15-28(18-9-3-2-8-17(18)25-22)23(30)16-27-14-21(24(31)26-12-6-1-7-13-26)32-20-11-5-4-10-19(20)27/h2-5,8-11,21H,1,6-7,12-16H2,(H,25,29). The van der Waals surface area contributed by atoms with Gasteiger partial charge in [-0.15, -0.1) is 0 Å². The third-order valence-corrected chi connectivity index (χ3v) is 6.20. The van der Waals surface area contributed by atoms with E-state index >= 15 is 0 Å². The number of nitrogens with one attached hydrogen (secondary N) is 1. The second-order valence-corrected chi connectivity index (χ2v) is 8.39. The van der Waals surface area contributed by atoms with Crippen molar-refractivity contribution >= 4 is 34.8 Å². The van der Waals surface area contributed by atoms with Crippen LogP contribution < -0.4 is 19.9 Å². The average Bonchev–Trinajstić information content (AvgIpc) is 2.83. The molecule has 1 N–H and O–H groups in total. The zero-order chi connectivity index (χ0) is 22.1. The summed E-state index contributed by atoms with van der Waals surface area (Å²) in [5.74, 6) is 0.142. The number of para-hydroxylation sites is 4. The topological polar surface area (TPSA) is 82.2 Å². The van der Waals surface area contributed by atoms with Crippen molar-refractivity contribution in [2.75, 3.05) is 47.8 Å². The molecule has 8 heteroatoms. The molecule has 0 aromatic heterocycles. The molecule has 2 aromatic carbocycles. The number of nitrogens with zero attached hydrogens (tertiary/aromatic N) is 3. The second-order valence-electron chi connectivity index (χ2n) is 8.39. The fourth-order valence-corrected chi connectivity index (χ4v) is 4.61. The van der Waals surface area contributed by atoms with E-state index in [9.17, 15) is 14.4 Å². The van der Waals surface area contributed by atoms with E-state index in [1.807, 2.05) is 52.3 Å². The molecule has 2 aromatic rings. The van der Waals surface area contributed by atoms with E-state index in [1.54, 1.807) is 6.07 Å². The van der Waals surface area contributed by atoms with Crippen LogP contribution in [0.3, 0.4) is 0 Å². The first-order valence-electron chi connectivity index (χ1n) is 11.1. The number of piperidine rings is 1. The molecule has 0 aliphatic carbocycles. The van der Waals surface area contributed by atoms with Crippen LogP contribution in [0.1, 0.15) is 19.3 Å². The van der Waals surface area contributed by atoms with Gasteiger partial charge in [0.15, 0.2) is 6.10 Å². The van der Waals surface area contributed by atoms with Gasteiger partial charge >= 0.3 is 0 Å². The van der Waals surface area contributed by atoms with Gasteiger partial charge in [-0.05, 0) is 43.5 Å². The maximum absolute atomic E-state index is 13.3. The molecule has 1 saturated heterocycles. The maximum Gasteiger partial charge on any atom is 0.265 e. The van der Waals surface area contributed by atoms with Gasteiger partial charge in [0.05, 0.1) is 30.2 Å². The molecule has 5 rings (SSSR count). The van der Waals surface area contributed by atoms with Crippen LogP contribution >= 0.6 is 0 Å². The lowest BCUT2D eigenvalue weighted by Gasteiger charge is -2.39. The van der Waals surface area contributed by atoms with E-state index in [1.165, 1.54) is 4.90 Å². The van der Waals surface area contributed by atoms with Crippen molar-refractivity contribution in [3.63, 3.8) is 0 Å². The number of fused-ring (bicyclic) bond motifs is 2. The summed E-state index contributed by atoms with van der Waals surface area (Å²) in [5, 5.41) is 2.81. The fraction of sp³-hybridized carbons (Fsp3) is 0.375. The minimum absolute atomic E-state index is 0.0284. The van der Waals surface area contributed by atoms with E-state index in [0.717, 1.165) is 38.0 Å². The first kappa shape index (κ1) is 20.4. The molecule has 1 fully saturated rings. The highest BCUT2D eigenvalue weighted by molar-refractivity contribution is 6.11. The predicted molar refractivity (Wildman–Crippen MR) is 121 cm³/mol. The third kappa shape index (κ3) is 3.88. The maximum atomic E-state index is 13.3. The molecule has 3 heterocycles. The zero-order valence-corrected chi connectivity index (χ0v) is 17.8. The number of benzene rings is 2. The summed E-state index contributed by atoms with van der Waals surface area (Å²) in [5.41, 5.74) is 2.08. The van der Waals surface area contributed by atoms with Gasteiger partial charge in [-0.1, -0.05) is 24.3 Å². The highest BCUT2D eigenvalue weighted by Crippen LogP contribution is 2.35. The molecule has 0 spiro atoms. The lowest BCUT2D eigenvalue weighted by atomic mass is 10.1. The Kier molecular flexibility index (Phi) is 5.43. The Morgan fingerprint density at radius 1 is 0.969 bits per heavy atom. The Morgan fingerprint density at radius 2 is 1.69 bits per heavy atom. The Bertz CT molecular complexity index is 1050. The summed E-state index contributed by atoms with van der Waals surface area (Å²) >= 11 is 0. The predicted octanol–water partition coefficient (Wildman–Crippen LogP) is 2.25. The highest BCUT2D eigenvalue weighted by atomic mass is 16.5. The van der Waals surface area contributed by atoms with Crippen molar-refractivity contribution in [2.24, 2.45) is 0 Å². The van der Waals surface area contributed by atoms with Gasteiger partial charge in [0.1, 0.15) is 12.3 Å². The van der Waals surface area contributed by atoms with Gasteiger partial charge in [-0.25, -0.2) is 0 Å². The van der Waals surface area contributed by atoms with Crippen LogP contribution in [0, 0.1) is 0 Å². The molecule has 3 aliphatic heterocycles. The minimum atomic E-state index is -0.659. The van der Waals surface area contributed by atoms with Crippen LogP contribution in [-0.4, -0.2) is 61.4 Å². The fourth-order valence-electron chi connectivity index (χ4n) is 4.61. The van der Waals surface area contributed by atoms with Crippen LogP contribution in [0.4, 0.5) is 17.1 Å². The third-order valence-electron chi connectivity index (χ3n) is 6.20. The number of amides is 3. The number of hydrogen-bond donors (Lipinski definition) is 1. The van der Waals surface area contributed by atoms with E-state index in [4.69, 9.17) is 4.74 Å². The number of hydrogen-bond acceptors (Lipinski definition) is 5. The molecule has 0 bridgehead atoms. The molecule has 3 amide bonds. The lowest BCUT2D eigenvalue weighted by Crippen LogP contribution is -2.54. The summed E-state index contributed by atoms with van der Waals surface area (Å²) < 4.78 is 6.06. The first-order valence-corrected chi connectivity index (χ1v) is 11.1. The Balaban J connectivity index is 1.38. The number of ether oxygens (including phenoxy) is 1. The van der Waals surface area contributed by atoms with Crippen molar-refractivity contribution in [2.45, 2.75) is 25.4 Å². The van der Waals surface area contributed by atoms with E-state index in [2.05, 4.69) is 5.32 Å². The molecular formula is C24H26N4O4. The quantitative estimate of drug-likeness (QED) is 0.801. The van der Waals surface area contributed by atoms with Crippen LogP contribution in [0.2, 0.25) is 0 Å². The number of carbonyl (C=O) groups excluding carboxylic acids is 3. The van der Waals surface area contributed by atoms with Crippen molar-refractivity contribution in [1.29, 1.82) is 0 Å². The van der Waals surface area contributed by atoms with Gasteiger partial charge in [0, 0.05) is 13.1 Å². The highest BCUT2D eigenvalue weighted by Gasteiger charge is 2.36. The Morgan fingerprint density at radius 3 is 2.50 bits per heavy atom. The molecule has 1 atom stereocenters. The molecule has 32 heavy (non-hydrogen) atoms. The van der Waals surface area contributed by atoms with Crippen molar-refractivity contribution in [3.05, 3.63) is 48.5 Å². The van der Waals surface area contributed by atoms with Crippen LogP contribution in [0.5, 0.6) is 5.75 Å².